The molecule has 1 N–H and O–H groups in total. The van der Waals surface area contributed by atoms with Crippen molar-refractivity contribution in [3.63, 3.8) is 0 Å². The van der Waals surface area contributed by atoms with Gasteiger partial charge in [0, 0.05) is 24.3 Å². The highest BCUT2D eigenvalue weighted by atomic mass is 15.3. The van der Waals surface area contributed by atoms with E-state index >= 15 is 0 Å². The molecular formula is C15H29N3. The van der Waals surface area contributed by atoms with Crippen molar-refractivity contribution in [1.82, 2.24) is 15.1 Å². The molecule has 1 atom stereocenters. The van der Waals surface area contributed by atoms with Crippen molar-refractivity contribution in [1.29, 1.82) is 0 Å². The Balaban J connectivity index is 2.08. The van der Waals surface area contributed by atoms with Gasteiger partial charge >= 0.3 is 0 Å². The lowest BCUT2D eigenvalue weighted by molar-refractivity contribution is 0.526. The molecule has 1 unspecified atom stereocenters. The molecule has 3 heteroatoms. The van der Waals surface area contributed by atoms with Gasteiger partial charge in [-0.15, -0.1) is 0 Å². The van der Waals surface area contributed by atoms with Crippen LogP contribution in [0.25, 0.3) is 0 Å². The van der Waals surface area contributed by atoms with Gasteiger partial charge in [-0.25, -0.2) is 0 Å². The zero-order valence-corrected chi connectivity index (χ0v) is 12.3. The van der Waals surface area contributed by atoms with Crippen molar-refractivity contribution < 1.29 is 0 Å². The molecule has 104 valence electrons. The highest BCUT2D eigenvalue weighted by molar-refractivity contribution is 5.08. The molecule has 1 heterocycles. The van der Waals surface area contributed by atoms with Gasteiger partial charge in [-0.3, -0.25) is 4.68 Å². The third-order valence-electron chi connectivity index (χ3n) is 3.46. The van der Waals surface area contributed by atoms with Gasteiger partial charge in [-0.1, -0.05) is 39.0 Å². The van der Waals surface area contributed by atoms with E-state index in [9.17, 15) is 0 Å². The third kappa shape index (κ3) is 5.67. The van der Waals surface area contributed by atoms with Gasteiger partial charge in [0.25, 0.3) is 0 Å². The van der Waals surface area contributed by atoms with E-state index in [0.717, 1.165) is 13.1 Å². The number of aromatic nitrogens is 2. The van der Waals surface area contributed by atoms with E-state index < -0.39 is 0 Å². The van der Waals surface area contributed by atoms with E-state index in [2.05, 4.69) is 37.4 Å². The Kier molecular flexibility index (Phi) is 7.74. The molecule has 0 bridgehead atoms. The molecule has 0 aromatic carbocycles. The molecule has 0 aliphatic carbocycles. The normalized spacial score (nSPS) is 12.8. The first kappa shape index (κ1) is 15.2. The van der Waals surface area contributed by atoms with Crippen LogP contribution in [0.2, 0.25) is 0 Å². The third-order valence-corrected chi connectivity index (χ3v) is 3.46. The minimum Gasteiger partial charge on any atom is -0.310 e. The Labute approximate surface area is 112 Å². The van der Waals surface area contributed by atoms with Crippen LogP contribution in [0.1, 0.15) is 70.9 Å². The molecule has 0 aliphatic heterocycles. The average molecular weight is 251 g/mol. The summed E-state index contributed by atoms with van der Waals surface area (Å²) in [6.07, 6.45) is 12.3. The topological polar surface area (TPSA) is 29.9 Å². The summed E-state index contributed by atoms with van der Waals surface area (Å²) in [4.78, 5) is 0. The Morgan fingerprint density at radius 1 is 1.17 bits per heavy atom. The maximum Gasteiger partial charge on any atom is 0.0537 e. The number of rotatable bonds is 10. The van der Waals surface area contributed by atoms with E-state index in [0.29, 0.717) is 6.04 Å². The van der Waals surface area contributed by atoms with Gasteiger partial charge in [0.05, 0.1) is 6.20 Å². The quantitative estimate of drug-likeness (QED) is 0.639. The first-order valence-electron chi connectivity index (χ1n) is 7.53. The number of nitrogens with one attached hydrogen (secondary N) is 1. The lowest BCUT2D eigenvalue weighted by Gasteiger charge is -2.11. The largest absolute Gasteiger partial charge is 0.310 e. The fourth-order valence-corrected chi connectivity index (χ4v) is 2.12. The minimum atomic E-state index is 0.418. The van der Waals surface area contributed by atoms with E-state index in [4.69, 9.17) is 0 Å². The molecule has 18 heavy (non-hydrogen) atoms. The van der Waals surface area contributed by atoms with Gasteiger partial charge < -0.3 is 5.32 Å². The van der Waals surface area contributed by atoms with Crippen molar-refractivity contribution in [3.8, 4) is 0 Å². The molecule has 0 aliphatic rings. The van der Waals surface area contributed by atoms with Crippen LogP contribution in [0, 0.1) is 0 Å². The van der Waals surface area contributed by atoms with Crippen LogP contribution < -0.4 is 5.32 Å². The standard InChI is InChI=1S/C15H29N3/c1-4-6-7-8-9-10-11-16-14(3)15-12-17-18(5-2)13-15/h12-14,16H,4-11H2,1-3H3. The second-order valence-electron chi connectivity index (χ2n) is 5.07. The Morgan fingerprint density at radius 3 is 2.56 bits per heavy atom. The number of aryl methyl sites for hydroxylation is 1. The van der Waals surface area contributed by atoms with Gasteiger partial charge in [0.1, 0.15) is 0 Å². The van der Waals surface area contributed by atoms with Crippen LogP contribution in [0.3, 0.4) is 0 Å². The van der Waals surface area contributed by atoms with Crippen LogP contribution in [0.15, 0.2) is 12.4 Å². The predicted molar refractivity (Wildman–Crippen MR) is 77.7 cm³/mol. The number of hydrogen-bond donors (Lipinski definition) is 1. The summed E-state index contributed by atoms with van der Waals surface area (Å²) in [7, 11) is 0. The monoisotopic (exact) mass is 251 g/mol. The second-order valence-corrected chi connectivity index (χ2v) is 5.07. The summed E-state index contributed by atoms with van der Waals surface area (Å²) in [5, 5.41) is 7.88. The molecule has 0 amide bonds. The van der Waals surface area contributed by atoms with Gasteiger partial charge in [0.2, 0.25) is 0 Å². The van der Waals surface area contributed by atoms with E-state index in [1.54, 1.807) is 0 Å². The van der Waals surface area contributed by atoms with Crippen LogP contribution in [-0.2, 0) is 6.54 Å². The van der Waals surface area contributed by atoms with Gasteiger partial charge in [-0.2, -0.15) is 5.10 Å². The minimum absolute atomic E-state index is 0.418. The molecule has 0 saturated carbocycles. The van der Waals surface area contributed by atoms with Crippen LogP contribution in [0.5, 0.6) is 0 Å². The van der Waals surface area contributed by atoms with E-state index in [1.807, 2.05) is 10.9 Å². The average Bonchev–Trinajstić information content (AvgIpc) is 2.86. The molecule has 1 aromatic heterocycles. The first-order valence-corrected chi connectivity index (χ1v) is 7.53. The molecular weight excluding hydrogens is 222 g/mol. The van der Waals surface area contributed by atoms with Crippen molar-refractivity contribution in [2.75, 3.05) is 6.54 Å². The van der Waals surface area contributed by atoms with Crippen molar-refractivity contribution in [2.45, 2.75) is 71.9 Å². The predicted octanol–water partition coefficient (Wildman–Crippen LogP) is 3.91. The smallest absolute Gasteiger partial charge is 0.0537 e. The molecule has 0 radical (unpaired) electrons. The maximum absolute atomic E-state index is 4.31. The summed E-state index contributed by atoms with van der Waals surface area (Å²) in [5.74, 6) is 0. The Hall–Kier alpha value is -0.830. The van der Waals surface area contributed by atoms with Gasteiger partial charge in [-0.05, 0) is 26.8 Å². The zero-order valence-electron chi connectivity index (χ0n) is 12.3. The van der Waals surface area contributed by atoms with Gasteiger partial charge in [0.15, 0.2) is 0 Å². The molecule has 3 nitrogen and oxygen atoms in total. The Bertz CT molecular complexity index is 306. The van der Waals surface area contributed by atoms with Crippen molar-refractivity contribution in [3.05, 3.63) is 18.0 Å². The van der Waals surface area contributed by atoms with Crippen LogP contribution in [-0.4, -0.2) is 16.3 Å². The number of hydrogen-bond acceptors (Lipinski definition) is 2. The summed E-state index contributed by atoms with van der Waals surface area (Å²) in [6.45, 7) is 8.66. The number of unbranched alkanes of at least 4 members (excludes halogenated alkanes) is 5. The lowest BCUT2D eigenvalue weighted by Crippen LogP contribution is -2.19. The van der Waals surface area contributed by atoms with Crippen LogP contribution in [0.4, 0.5) is 0 Å². The SMILES string of the molecule is CCCCCCCCNC(C)c1cnn(CC)c1. The number of nitrogens with zero attached hydrogens (tertiary/aromatic N) is 2. The first-order chi connectivity index (χ1) is 8.77. The van der Waals surface area contributed by atoms with Crippen molar-refractivity contribution >= 4 is 0 Å². The van der Waals surface area contributed by atoms with E-state index in [-0.39, 0.29) is 0 Å². The maximum atomic E-state index is 4.31. The summed E-state index contributed by atoms with van der Waals surface area (Å²) < 4.78 is 1.98. The van der Waals surface area contributed by atoms with Crippen LogP contribution >= 0.6 is 0 Å². The second kappa shape index (κ2) is 9.15. The summed E-state index contributed by atoms with van der Waals surface area (Å²) in [6, 6.07) is 0.418. The zero-order chi connectivity index (χ0) is 13.2. The summed E-state index contributed by atoms with van der Waals surface area (Å²) >= 11 is 0. The molecule has 1 rings (SSSR count). The van der Waals surface area contributed by atoms with Crippen molar-refractivity contribution in [2.24, 2.45) is 0 Å². The fourth-order valence-electron chi connectivity index (χ4n) is 2.12. The lowest BCUT2D eigenvalue weighted by atomic mass is 10.1. The van der Waals surface area contributed by atoms with E-state index in [1.165, 1.54) is 44.1 Å². The molecule has 0 spiro atoms. The molecule has 1 aromatic rings. The highest BCUT2D eigenvalue weighted by Gasteiger charge is 2.06. The molecule has 0 fully saturated rings. The fraction of sp³-hybridized carbons (Fsp3) is 0.800. The molecule has 0 saturated heterocycles. The highest BCUT2D eigenvalue weighted by Crippen LogP contribution is 2.11. The Morgan fingerprint density at radius 2 is 1.89 bits per heavy atom. The summed E-state index contributed by atoms with van der Waals surface area (Å²) in [5.41, 5.74) is 1.29.